The zero-order chi connectivity index (χ0) is 23.5. The summed E-state index contributed by atoms with van der Waals surface area (Å²) in [6.45, 7) is 4.93. The largest absolute Gasteiger partial charge is 0.497 e. The zero-order valence-corrected chi connectivity index (χ0v) is 19.3. The van der Waals surface area contributed by atoms with Gasteiger partial charge in [0.2, 0.25) is 11.8 Å². The molecule has 0 atom stereocenters. The average Bonchev–Trinajstić information content (AvgIpc) is 3.39. The van der Waals surface area contributed by atoms with Crippen molar-refractivity contribution in [1.29, 1.82) is 0 Å². The zero-order valence-electron chi connectivity index (χ0n) is 19.3. The van der Waals surface area contributed by atoms with Gasteiger partial charge in [-0.1, -0.05) is 23.8 Å². The molecule has 1 saturated heterocycles. The Labute approximate surface area is 198 Å². The lowest BCUT2D eigenvalue weighted by atomic mass is 10.1. The first kappa shape index (κ1) is 21.7. The van der Waals surface area contributed by atoms with E-state index in [1.807, 2.05) is 78.6 Å². The van der Waals surface area contributed by atoms with Crippen molar-refractivity contribution in [3.8, 4) is 28.7 Å². The van der Waals surface area contributed by atoms with Crippen LogP contribution in [0.15, 0.2) is 77.2 Å². The summed E-state index contributed by atoms with van der Waals surface area (Å²) in [4.78, 5) is 17.2. The maximum atomic E-state index is 13.0. The number of aromatic nitrogens is 2. The highest BCUT2D eigenvalue weighted by molar-refractivity contribution is 5.94. The normalized spacial score (nSPS) is 13.7. The number of amides is 1. The predicted molar refractivity (Wildman–Crippen MR) is 131 cm³/mol. The number of hydrogen-bond acceptors (Lipinski definition) is 6. The Bertz CT molecular complexity index is 1270. The Morgan fingerprint density at radius 1 is 0.853 bits per heavy atom. The molecule has 7 heteroatoms. The summed E-state index contributed by atoms with van der Waals surface area (Å²) in [6.07, 6.45) is 0. The second-order valence-corrected chi connectivity index (χ2v) is 8.34. The van der Waals surface area contributed by atoms with Crippen LogP contribution in [-0.4, -0.2) is 54.3 Å². The molecule has 7 nitrogen and oxygen atoms in total. The molecule has 172 valence electrons. The summed E-state index contributed by atoms with van der Waals surface area (Å²) in [6, 6.07) is 23.3. The van der Waals surface area contributed by atoms with Gasteiger partial charge in [0, 0.05) is 54.6 Å². The van der Waals surface area contributed by atoms with Crippen LogP contribution < -0.4 is 9.64 Å². The highest BCUT2D eigenvalue weighted by atomic mass is 16.5. The second-order valence-electron chi connectivity index (χ2n) is 8.34. The molecule has 3 aromatic carbocycles. The van der Waals surface area contributed by atoms with E-state index >= 15 is 0 Å². The summed E-state index contributed by atoms with van der Waals surface area (Å²) in [5.74, 6) is 1.77. The number of ether oxygens (including phenoxy) is 1. The van der Waals surface area contributed by atoms with Gasteiger partial charge < -0.3 is 19.0 Å². The smallest absolute Gasteiger partial charge is 0.253 e. The van der Waals surface area contributed by atoms with Crippen LogP contribution in [0.25, 0.3) is 22.9 Å². The summed E-state index contributed by atoms with van der Waals surface area (Å²) in [5, 5.41) is 8.33. The number of anilines is 1. The lowest BCUT2D eigenvalue weighted by molar-refractivity contribution is 0.0747. The van der Waals surface area contributed by atoms with Crippen molar-refractivity contribution < 1.29 is 13.9 Å². The number of carbonyl (C=O) groups excluding carboxylic acids is 1. The minimum atomic E-state index is 0.0303. The lowest BCUT2D eigenvalue weighted by Gasteiger charge is -2.36. The van der Waals surface area contributed by atoms with Crippen LogP contribution in [0.1, 0.15) is 15.9 Å². The fourth-order valence-electron chi connectivity index (χ4n) is 4.07. The fourth-order valence-corrected chi connectivity index (χ4v) is 4.07. The van der Waals surface area contributed by atoms with Crippen LogP contribution >= 0.6 is 0 Å². The number of piperazine rings is 1. The third kappa shape index (κ3) is 4.50. The molecule has 1 fully saturated rings. The fraction of sp³-hybridized carbons (Fsp3) is 0.222. The van der Waals surface area contributed by atoms with Crippen molar-refractivity contribution in [2.24, 2.45) is 0 Å². The van der Waals surface area contributed by atoms with Gasteiger partial charge in [-0.25, -0.2) is 0 Å². The van der Waals surface area contributed by atoms with Crippen LogP contribution in [0.4, 0.5) is 5.69 Å². The molecule has 0 aliphatic carbocycles. The Kier molecular flexibility index (Phi) is 5.99. The summed E-state index contributed by atoms with van der Waals surface area (Å²) < 4.78 is 11.2. The van der Waals surface area contributed by atoms with Crippen LogP contribution in [0.2, 0.25) is 0 Å². The van der Waals surface area contributed by atoms with Crippen molar-refractivity contribution >= 4 is 11.6 Å². The SMILES string of the molecule is COc1cccc(N2CCN(C(=O)c3ccc(-c4nnc(-c5ccc(C)cc5)o4)cc3)CC2)c1. The molecule has 4 aromatic rings. The molecule has 0 N–H and O–H groups in total. The minimum absolute atomic E-state index is 0.0303. The van der Waals surface area contributed by atoms with E-state index in [2.05, 4.69) is 21.2 Å². The Balaban J connectivity index is 1.23. The first-order chi connectivity index (χ1) is 16.6. The van der Waals surface area contributed by atoms with Crippen molar-refractivity contribution in [1.82, 2.24) is 15.1 Å². The van der Waals surface area contributed by atoms with Gasteiger partial charge in [-0.2, -0.15) is 0 Å². The molecular formula is C27H26N4O3. The lowest BCUT2D eigenvalue weighted by Crippen LogP contribution is -2.48. The monoisotopic (exact) mass is 454 g/mol. The van der Waals surface area contributed by atoms with Crippen LogP contribution in [0.3, 0.4) is 0 Å². The van der Waals surface area contributed by atoms with Crippen LogP contribution in [-0.2, 0) is 0 Å². The molecule has 1 amide bonds. The highest BCUT2D eigenvalue weighted by Gasteiger charge is 2.23. The number of nitrogens with zero attached hydrogens (tertiary/aromatic N) is 4. The third-order valence-corrected chi connectivity index (χ3v) is 6.09. The molecule has 2 heterocycles. The number of methoxy groups -OCH3 is 1. The molecule has 5 rings (SSSR count). The molecule has 34 heavy (non-hydrogen) atoms. The molecule has 0 saturated carbocycles. The Hall–Kier alpha value is -4.13. The summed E-state index contributed by atoms with van der Waals surface area (Å²) in [7, 11) is 1.67. The van der Waals surface area contributed by atoms with E-state index in [0.29, 0.717) is 30.4 Å². The van der Waals surface area contributed by atoms with Crippen molar-refractivity contribution in [2.75, 3.05) is 38.2 Å². The van der Waals surface area contributed by atoms with Gasteiger partial charge >= 0.3 is 0 Å². The van der Waals surface area contributed by atoms with Gasteiger partial charge in [0.25, 0.3) is 5.91 Å². The van der Waals surface area contributed by atoms with Crippen molar-refractivity contribution in [2.45, 2.75) is 6.92 Å². The third-order valence-electron chi connectivity index (χ3n) is 6.09. The van der Waals surface area contributed by atoms with Gasteiger partial charge in [-0.05, 0) is 55.5 Å². The van der Waals surface area contributed by atoms with E-state index in [1.54, 1.807) is 7.11 Å². The molecule has 0 spiro atoms. The van der Waals surface area contributed by atoms with Crippen LogP contribution in [0, 0.1) is 6.92 Å². The number of rotatable bonds is 5. The first-order valence-corrected chi connectivity index (χ1v) is 11.3. The number of aryl methyl sites for hydroxylation is 1. The predicted octanol–water partition coefficient (Wildman–Crippen LogP) is 4.68. The molecular weight excluding hydrogens is 428 g/mol. The molecule has 1 aliphatic rings. The average molecular weight is 455 g/mol. The highest BCUT2D eigenvalue weighted by Crippen LogP contribution is 2.25. The minimum Gasteiger partial charge on any atom is -0.497 e. The molecule has 1 aromatic heterocycles. The second kappa shape index (κ2) is 9.39. The number of carbonyl (C=O) groups is 1. The molecule has 0 radical (unpaired) electrons. The van der Waals surface area contributed by atoms with Gasteiger partial charge in [-0.3, -0.25) is 4.79 Å². The summed E-state index contributed by atoms with van der Waals surface area (Å²) >= 11 is 0. The van der Waals surface area contributed by atoms with Gasteiger partial charge in [0.15, 0.2) is 0 Å². The van der Waals surface area contributed by atoms with E-state index in [4.69, 9.17) is 9.15 Å². The van der Waals surface area contributed by atoms with Crippen molar-refractivity contribution in [3.63, 3.8) is 0 Å². The van der Waals surface area contributed by atoms with Crippen LogP contribution in [0.5, 0.6) is 5.75 Å². The van der Waals surface area contributed by atoms with Gasteiger partial charge in [0.1, 0.15) is 5.75 Å². The quantitative estimate of drug-likeness (QED) is 0.436. The number of hydrogen-bond donors (Lipinski definition) is 0. The van der Waals surface area contributed by atoms with Gasteiger partial charge in [-0.15, -0.1) is 10.2 Å². The molecule has 0 unspecified atom stereocenters. The maximum Gasteiger partial charge on any atom is 0.253 e. The Morgan fingerprint density at radius 2 is 1.47 bits per heavy atom. The van der Waals surface area contributed by atoms with E-state index in [-0.39, 0.29) is 5.91 Å². The van der Waals surface area contributed by atoms with Gasteiger partial charge in [0.05, 0.1) is 7.11 Å². The van der Waals surface area contributed by atoms with E-state index in [1.165, 1.54) is 5.56 Å². The maximum absolute atomic E-state index is 13.0. The molecule has 0 bridgehead atoms. The topological polar surface area (TPSA) is 71.7 Å². The van der Waals surface area contributed by atoms with E-state index in [0.717, 1.165) is 35.7 Å². The Morgan fingerprint density at radius 3 is 2.09 bits per heavy atom. The number of benzene rings is 3. The summed E-state index contributed by atoms with van der Waals surface area (Å²) in [5.41, 5.74) is 4.59. The molecule has 1 aliphatic heterocycles. The first-order valence-electron chi connectivity index (χ1n) is 11.3. The van der Waals surface area contributed by atoms with E-state index < -0.39 is 0 Å². The van der Waals surface area contributed by atoms with Crippen molar-refractivity contribution in [3.05, 3.63) is 83.9 Å². The van der Waals surface area contributed by atoms with E-state index in [9.17, 15) is 4.79 Å². The standard InChI is InChI=1S/C27H26N4O3/c1-19-6-8-20(9-7-19)25-28-29-26(34-25)21-10-12-22(13-11-21)27(32)31-16-14-30(15-17-31)23-4-3-5-24(18-23)33-2/h3-13,18H,14-17H2,1-2H3.